The Kier molecular flexibility index (Phi) is 9.01. The van der Waals surface area contributed by atoms with E-state index in [9.17, 15) is 0 Å². The minimum absolute atomic E-state index is 0. The molecule has 2 N–H and O–H groups in total. The molecule has 0 aliphatic carbocycles. The molecule has 2 aromatic rings. The number of anilines is 1. The first-order valence-electron chi connectivity index (χ1n) is 9.78. The molecular formula is C21H32IN5S. The lowest BCUT2D eigenvalue weighted by molar-refractivity contribution is 0.468. The van der Waals surface area contributed by atoms with Crippen LogP contribution in [0.15, 0.2) is 34.6 Å². The Balaban J connectivity index is 0.00000280. The van der Waals surface area contributed by atoms with Gasteiger partial charge in [0.2, 0.25) is 0 Å². The smallest absolute Gasteiger partial charge is 0.191 e. The fourth-order valence-corrected chi connectivity index (χ4v) is 4.15. The zero-order valence-corrected chi connectivity index (χ0v) is 20.4. The summed E-state index contributed by atoms with van der Waals surface area (Å²) in [4.78, 5) is 11.5. The fraction of sp³-hybridized carbons (Fsp3) is 0.524. The maximum Gasteiger partial charge on any atom is 0.191 e. The standard InChI is InChI=1S/C21H31N5S.HI/c1-15(2)20-24-18(14-27-20)12-23-21(22-4)25-17-6-5-11-26(13-17)19-9-7-16(3)8-10-19;/h7-10,14-15,17H,5-6,11-13H2,1-4H3,(H2,22,23,25);1H. The number of halogens is 1. The van der Waals surface area contributed by atoms with Crippen LogP contribution in [-0.4, -0.2) is 37.1 Å². The summed E-state index contributed by atoms with van der Waals surface area (Å²) in [6.07, 6.45) is 2.35. The first kappa shape index (κ1) is 22.9. The first-order valence-corrected chi connectivity index (χ1v) is 10.7. The van der Waals surface area contributed by atoms with Crippen LogP contribution >= 0.6 is 35.3 Å². The van der Waals surface area contributed by atoms with Crippen LogP contribution in [0.4, 0.5) is 5.69 Å². The second-order valence-electron chi connectivity index (χ2n) is 7.52. The van der Waals surface area contributed by atoms with E-state index < -0.39 is 0 Å². The summed E-state index contributed by atoms with van der Waals surface area (Å²) in [5.74, 6) is 1.33. The quantitative estimate of drug-likeness (QED) is 0.351. The predicted octanol–water partition coefficient (Wildman–Crippen LogP) is 4.53. The Labute approximate surface area is 190 Å². The lowest BCUT2D eigenvalue weighted by Gasteiger charge is -2.35. The van der Waals surface area contributed by atoms with E-state index >= 15 is 0 Å². The van der Waals surface area contributed by atoms with Gasteiger partial charge in [-0.15, -0.1) is 35.3 Å². The third-order valence-corrected chi connectivity index (χ3v) is 6.08. The van der Waals surface area contributed by atoms with Gasteiger partial charge < -0.3 is 15.5 Å². The molecule has 1 saturated heterocycles. The second-order valence-corrected chi connectivity index (χ2v) is 8.41. The summed E-state index contributed by atoms with van der Waals surface area (Å²) >= 11 is 1.73. The maximum absolute atomic E-state index is 4.69. The maximum atomic E-state index is 4.69. The van der Waals surface area contributed by atoms with Crippen molar-refractivity contribution in [3.8, 4) is 0 Å². The van der Waals surface area contributed by atoms with Crippen LogP contribution in [0.1, 0.15) is 48.9 Å². The molecule has 0 bridgehead atoms. The molecule has 0 spiro atoms. The van der Waals surface area contributed by atoms with Crippen LogP contribution in [0.3, 0.4) is 0 Å². The number of nitrogens with zero attached hydrogens (tertiary/aromatic N) is 3. The molecule has 1 aliphatic heterocycles. The zero-order valence-electron chi connectivity index (χ0n) is 17.2. The van der Waals surface area contributed by atoms with Crippen LogP contribution in [0.25, 0.3) is 0 Å². The molecule has 1 aliphatic rings. The molecule has 3 rings (SSSR count). The number of guanidine groups is 1. The van der Waals surface area contributed by atoms with Crippen molar-refractivity contribution in [2.24, 2.45) is 4.99 Å². The topological polar surface area (TPSA) is 52.6 Å². The number of hydrogen-bond donors (Lipinski definition) is 2. The normalized spacial score (nSPS) is 17.4. The highest BCUT2D eigenvalue weighted by molar-refractivity contribution is 14.0. The summed E-state index contributed by atoms with van der Waals surface area (Å²) in [5.41, 5.74) is 3.69. The highest BCUT2D eigenvalue weighted by atomic mass is 127. The van der Waals surface area contributed by atoms with Gasteiger partial charge in [-0.2, -0.15) is 0 Å². The van der Waals surface area contributed by atoms with Crippen molar-refractivity contribution in [1.82, 2.24) is 15.6 Å². The van der Waals surface area contributed by atoms with Gasteiger partial charge in [0, 0.05) is 43.2 Å². The molecule has 5 nitrogen and oxygen atoms in total. The van der Waals surface area contributed by atoms with Crippen molar-refractivity contribution in [3.63, 3.8) is 0 Å². The molecule has 28 heavy (non-hydrogen) atoms. The van der Waals surface area contributed by atoms with Gasteiger partial charge in [-0.3, -0.25) is 4.99 Å². The fourth-order valence-electron chi connectivity index (χ4n) is 3.32. The van der Waals surface area contributed by atoms with Crippen LogP contribution in [-0.2, 0) is 6.54 Å². The van der Waals surface area contributed by atoms with Crippen molar-refractivity contribution in [3.05, 3.63) is 45.9 Å². The minimum atomic E-state index is 0. The largest absolute Gasteiger partial charge is 0.369 e. The zero-order chi connectivity index (χ0) is 19.2. The van der Waals surface area contributed by atoms with E-state index in [2.05, 4.69) is 75.9 Å². The molecule has 1 aromatic heterocycles. The Morgan fingerprint density at radius 2 is 2.07 bits per heavy atom. The molecule has 154 valence electrons. The van der Waals surface area contributed by atoms with Crippen LogP contribution < -0.4 is 15.5 Å². The van der Waals surface area contributed by atoms with E-state index in [1.165, 1.54) is 22.7 Å². The summed E-state index contributed by atoms with van der Waals surface area (Å²) in [5, 5.41) is 10.3. The van der Waals surface area contributed by atoms with Gasteiger partial charge in [0.05, 0.1) is 17.2 Å². The molecule has 0 saturated carbocycles. The first-order chi connectivity index (χ1) is 13.0. The number of hydrogen-bond acceptors (Lipinski definition) is 4. The number of benzene rings is 1. The summed E-state index contributed by atoms with van der Waals surface area (Å²) in [6.45, 7) is 9.31. The van der Waals surface area contributed by atoms with Crippen molar-refractivity contribution in [2.45, 2.75) is 52.1 Å². The van der Waals surface area contributed by atoms with E-state index in [0.717, 1.165) is 31.2 Å². The van der Waals surface area contributed by atoms with Gasteiger partial charge in [-0.05, 0) is 31.9 Å². The van der Waals surface area contributed by atoms with Gasteiger partial charge >= 0.3 is 0 Å². The van der Waals surface area contributed by atoms with Gasteiger partial charge in [0.25, 0.3) is 0 Å². The molecule has 1 fully saturated rings. The van der Waals surface area contributed by atoms with E-state index in [-0.39, 0.29) is 24.0 Å². The molecule has 0 amide bonds. The highest BCUT2D eigenvalue weighted by Crippen LogP contribution is 2.21. The van der Waals surface area contributed by atoms with E-state index in [1.807, 2.05) is 7.05 Å². The lowest BCUT2D eigenvalue weighted by atomic mass is 10.0. The molecule has 1 aromatic carbocycles. The number of nitrogens with one attached hydrogen (secondary N) is 2. The second kappa shape index (κ2) is 11.0. The van der Waals surface area contributed by atoms with Crippen LogP contribution in [0.2, 0.25) is 0 Å². The summed E-state index contributed by atoms with van der Waals surface area (Å²) in [6, 6.07) is 9.21. The molecule has 1 atom stereocenters. The van der Waals surface area contributed by atoms with Gasteiger partial charge in [-0.1, -0.05) is 31.5 Å². The number of aryl methyl sites for hydroxylation is 1. The van der Waals surface area contributed by atoms with E-state index in [4.69, 9.17) is 0 Å². The monoisotopic (exact) mass is 513 g/mol. The van der Waals surface area contributed by atoms with Gasteiger partial charge in [0.15, 0.2) is 5.96 Å². The predicted molar refractivity (Wildman–Crippen MR) is 131 cm³/mol. The number of aromatic nitrogens is 1. The Morgan fingerprint density at radius 1 is 1.32 bits per heavy atom. The van der Waals surface area contributed by atoms with Crippen LogP contribution in [0, 0.1) is 6.92 Å². The number of aliphatic imine (C=N–C) groups is 1. The van der Waals surface area contributed by atoms with Crippen LogP contribution in [0.5, 0.6) is 0 Å². The van der Waals surface area contributed by atoms with Crippen molar-refractivity contribution < 1.29 is 0 Å². The summed E-state index contributed by atoms with van der Waals surface area (Å²) < 4.78 is 0. The third-order valence-electron chi connectivity index (χ3n) is 4.89. The Morgan fingerprint density at radius 3 is 2.71 bits per heavy atom. The molecule has 7 heteroatoms. The number of thiazole rings is 1. The Bertz CT molecular complexity index is 756. The lowest BCUT2D eigenvalue weighted by Crippen LogP contribution is -2.51. The number of piperidine rings is 1. The molecule has 2 heterocycles. The molecule has 1 unspecified atom stereocenters. The number of rotatable bonds is 5. The van der Waals surface area contributed by atoms with Crippen molar-refractivity contribution in [1.29, 1.82) is 0 Å². The Hall–Kier alpha value is -1.35. The van der Waals surface area contributed by atoms with Gasteiger partial charge in [-0.25, -0.2) is 4.98 Å². The van der Waals surface area contributed by atoms with Gasteiger partial charge in [0.1, 0.15) is 0 Å². The van der Waals surface area contributed by atoms with Crippen molar-refractivity contribution in [2.75, 3.05) is 25.0 Å². The molecular weight excluding hydrogens is 481 g/mol. The third kappa shape index (κ3) is 6.34. The summed E-state index contributed by atoms with van der Waals surface area (Å²) in [7, 11) is 1.83. The average Bonchev–Trinajstić information content (AvgIpc) is 3.15. The highest BCUT2D eigenvalue weighted by Gasteiger charge is 2.21. The van der Waals surface area contributed by atoms with E-state index in [0.29, 0.717) is 18.5 Å². The van der Waals surface area contributed by atoms with E-state index in [1.54, 1.807) is 11.3 Å². The SMILES string of the molecule is CN=C(NCc1csc(C(C)C)n1)NC1CCCN(c2ccc(C)cc2)C1.I. The average molecular weight is 513 g/mol. The van der Waals surface area contributed by atoms with Crippen molar-refractivity contribution >= 4 is 47.0 Å². The minimum Gasteiger partial charge on any atom is -0.369 e. The molecule has 0 radical (unpaired) electrons.